The van der Waals surface area contributed by atoms with Crippen molar-refractivity contribution >= 4 is 33.2 Å². The van der Waals surface area contributed by atoms with Gasteiger partial charge in [-0.2, -0.15) is 0 Å². The lowest BCUT2D eigenvalue weighted by atomic mass is 10.1. The van der Waals surface area contributed by atoms with E-state index in [4.69, 9.17) is 11.6 Å². The van der Waals surface area contributed by atoms with Crippen molar-refractivity contribution in [2.24, 2.45) is 5.92 Å². The van der Waals surface area contributed by atoms with E-state index in [1.807, 2.05) is 27.7 Å². The maximum absolute atomic E-state index is 12.5. The van der Waals surface area contributed by atoms with Crippen molar-refractivity contribution in [3.05, 3.63) is 58.6 Å². The summed E-state index contributed by atoms with van der Waals surface area (Å²) in [5.41, 5.74) is 1.47. The summed E-state index contributed by atoms with van der Waals surface area (Å²) in [6.07, 6.45) is 0. The molecule has 0 saturated carbocycles. The first-order valence-electron chi connectivity index (χ1n) is 8.30. The number of amides is 1. The second-order valence-corrected chi connectivity index (χ2v) is 8.71. The fraction of sp³-hybridized carbons (Fsp3) is 0.316. The van der Waals surface area contributed by atoms with E-state index in [0.717, 1.165) is 5.56 Å². The quantitative estimate of drug-likeness (QED) is 0.770. The Bertz CT molecular complexity index is 894. The van der Waals surface area contributed by atoms with Gasteiger partial charge in [-0.05, 0) is 50.1 Å². The van der Waals surface area contributed by atoms with Crippen LogP contribution < -0.4 is 10.0 Å². The Balaban J connectivity index is 2.26. The minimum Gasteiger partial charge on any atom is -0.349 e. The summed E-state index contributed by atoms with van der Waals surface area (Å²) >= 11 is 6.12. The van der Waals surface area contributed by atoms with Gasteiger partial charge in [0.1, 0.15) is 0 Å². The van der Waals surface area contributed by atoms with E-state index in [0.29, 0.717) is 0 Å². The molecule has 0 bridgehead atoms. The van der Waals surface area contributed by atoms with Gasteiger partial charge in [-0.3, -0.25) is 9.52 Å². The maximum atomic E-state index is 12.5. The van der Waals surface area contributed by atoms with E-state index < -0.39 is 10.0 Å². The lowest BCUT2D eigenvalue weighted by molar-refractivity contribution is 0.0930. The van der Waals surface area contributed by atoms with Crippen LogP contribution in [0.25, 0.3) is 0 Å². The number of sulfonamides is 1. The predicted molar refractivity (Wildman–Crippen MR) is 105 cm³/mol. The van der Waals surface area contributed by atoms with Gasteiger partial charge in [0.25, 0.3) is 15.9 Å². The normalized spacial score (nSPS) is 12.7. The molecule has 1 amide bonds. The molecule has 7 heteroatoms. The number of aryl methyl sites for hydroxylation is 1. The van der Waals surface area contributed by atoms with Gasteiger partial charge in [0.15, 0.2) is 0 Å². The largest absolute Gasteiger partial charge is 0.349 e. The van der Waals surface area contributed by atoms with Gasteiger partial charge in [0.2, 0.25) is 0 Å². The van der Waals surface area contributed by atoms with Crippen molar-refractivity contribution in [1.82, 2.24) is 5.32 Å². The molecule has 0 fully saturated rings. The second-order valence-electron chi connectivity index (χ2n) is 6.62. The van der Waals surface area contributed by atoms with Crippen LogP contribution in [0.3, 0.4) is 0 Å². The van der Waals surface area contributed by atoms with E-state index in [9.17, 15) is 13.2 Å². The van der Waals surface area contributed by atoms with Crippen molar-refractivity contribution in [1.29, 1.82) is 0 Å². The molecule has 2 rings (SSSR count). The number of anilines is 1. The van der Waals surface area contributed by atoms with Crippen LogP contribution in [0, 0.1) is 12.8 Å². The van der Waals surface area contributed by atoms with Crippen LogP contribution in [-0.4, -0.2) is 20.4 Å². The minimum atomic E-state index is -3.75. The highest BCUT2D eigenvalue weighted by Gasteiger charge is 2.18. The van der Waals surface area contributed by atoms with Gasteiger partial charge in [-0.1, -0.05) is 43.1 Å². The van der Waals surface area contributed by atoms with Gasteiger partial charge in [0, 0.05) is 11.7 Å². The Morgan fingerprint density at radius 3 is 2.23 bits per heavy atom. The first-order valence-corrected chi connectivity index (χ1v) is 10.2. The molecular formula is C19H23ClN2O3S. The van der Waals surface area contributed by atoms with Crippen LogP contribution in [-0.2, 0) is 10.0 Å². The fourth-order valence-corrected chi connectivity index (χ4v) is 3.40. The summed E-state index contributed by atoms with van der Waals surface area (Å²) in [5.74, 6) is -0.0754. The van der Waals surface area contributed by atoms with E-state index in [1.165, 1.54) is 30.3 Å². The molecule has 2 aromatic rings. The van der Waals surface area contributed by atoms with Crippen LogP contribution in [0.15, 0.2) is 47.4 Å². The van der Waals surface area contributed by atoms with Crippen LogP contribution in [0.4, 0.5) is 5.69 Å². The van der Waals surface area contributed by atoms with Gasteiger partial charge in [-0.25, -0.2) is 8.42 Å². The topological polar surface area (TPSA) is 75.3 Å². The number of benzene rings is 2. The van der Waals surface area contributed by atoms with Crippen LogP contribution >= 0.6 is 11.6 Å². The third kappa shape index (κ3) is 4.99. The lowest BCUT2D eigenvalue weighted by Crippen LogP contribution is -2.36. The van der Waals surface area contributed by atoms with Crippen molar-refractivity contribution in [3.63, 3.8) is 0 Å². The molecule has 0 aliphatic carbocycles. The monoisotopic (exact) mass is 394 g/mol. The third-order valence-corrected chi connectivity index (χ3v) is 5.88. The second kappa shape index (κ2) is 8.10. The standard InChI is InChI=1S/C19H23ClN2O3S/c1-12(2)14(4)21-19(23)17-11-15(7-10-18(17)20)22-26(24,25)16-8-5-13(3)6-9-16/h5-12,14,22H,1-4H3,(H,21,23). The minimum absolute atomic E-state index is 0.0357. The summed E-state index contributed by atoms with van der Waals surface area (Å²) in [7, 11) is -3.75. The van der Waals surface area contributed by atoms with Crippen LogP contribution in [0.5, 0.6) is 0 Å². The predicted octanol–water partition coefficient (Wildman–Crippen LogP) is 4.22. The first kappa shape index (κ1) is 20.3. The highest BCUT2D eigenvalue weighted by molar-refractivity contribution is 7.92. The molecular weight excluding hydrogens is 372 g/mol. The Hall–Kier alpha value is -2.05. The Labute approximate surface area is 159 Å². The molecule has 140 valence electrons. The Kier molecular flexibility index (Phi) is 6.31. The van der Waals surface area contributed by atoms with Gasteiger partial charge in [-0.15, -0.1) is 0 Å². The van der Waals surface area contributed by atoms with Crippen molar-refractivity contribution in [3.8, 4) is 0 Å². The molecule has 26 heavy (non-hydrogen) atoms. The van der Waals surface area contributed by atoms with E-state index in [-0.39, 0.29) is 39.0 Å². The molecule has 2 N–H and O–H groups in total. The van der Waals surface area contributed by atoms with E-state index in [2.05, 4.69) is 10.0 Å². The zero-order chi connectivity index (χ0) is 19.5. The average Bonchev–Trinajstić information content (AvgIpc) is 2.56. The number of rotatable bonds is 6. The van der Waals surface area contributed by atoms with Crippen LogP contribution in [0.1, 0.15) is 36.7 Å². The SMILES string of the molecule is Cc1ccc(S(=O)(=O)Nc2ccc(Cl)c(C(=O)NC(C)C(C)C)c2)cc1. The van der Waals surface area contributed by atoms with E-state index in [1.54, 1.807) is 12.1 Å². The molecule has 0 radical (unpaired) electrons. The zero-order valence-electron chi connectivity index (χ0n) is 15.2. The molecule has 0 saturated heterocycles. The van der Waals surface area contributed by atoms with Gasteiger partial charge in [0.05, 0.1) is 15.5 Å². The average molecular weight is 395 g/mol. The molecule has 0 aliphatic heterocycles. The number of carbonyl (C=O) groups excluding carboxylic acids is 1. The summed E-state index contributed by atoms with van der Waals surface area (Å²) in [4.78, 5) is 12.6. The fourth-order valence-electron chi connectivity index (χ4n) is 2.15. The number of hydrogen-bond acceptors (Lipinski definition) is 3. The van der Waals surface area contributed by atoms with Crippen molar-refractivity contribution in [2.75, 3.05) is 4.72 Å². The third-order valence-electron chi connectivity index (χ3n) is 4.15. The van der Waals surface area contributed by atoms with E-state index >= 15 is 0 Å². The van der Waals surface area contributed by atoms with Crippen molar-refractivity contribution < 1.29 is 13.2 Å². The smallest absolute Gasteiger partial charge is 0.261 e. The highest BCUT2D eigenvalue weighted by Crippen LogP contribution is 2.23. The molecule has 2 aromatic carbocycles. The summed E-state index contributed by atoms with van der Waals surface area (Å²) in [5, 5.41) is 3.12. The van der Waals surface area contributed by atoms with Crippen LogP contribution in [0.2, 0.25) is 5.02 Å². The maximum Gasteiger partial charge on any atom is 0.261 e. The number of nitrogens with one attached hydrogen (secondary N) is 2. The number of hydrogen-bond donors (Lipinski definition) is 2. The zero-order valence-corrected chi connectivity index (χ0v) is 16.8. The summed E-state index contributed by atoms with van der Waals surface area (Å²) in [6.45, 7) is 7.78. The number of carbonyl (C=O) groups is 1. The molecule has 0 aromatic heterocycles. The molecule has 5 nitrogen and oxygen atoms in total. The Morgan fingerprint density at radius 2 is 1.65 bits per heavy atom. The molecule has 0 aliphatic rings. The highest BCUT2D eigenvalue weighted by atomic mass is 35.5. The Morgan fingerprint density at radius 1 is 1.04 bits per heavy atom. The molecule has 0 heterocycles. The van der Waals surface area contributed by atoms with Gasteiger partial charge >= 0.3 is 0 Å². The summed E-state index contributed by atoms with van der Waals surface area (Å²) < 4.78 is 27.5. The van der Waals surface area contributed by atoms with Gasteiger partial charge < -0.3 is 5.32 Å². The molecule has 0 spiro atoms. The first-order chi connectivity index (χ1) is 12.1. The molecule has 1 unspecified atom stereocenters. The number of halogens is 1. The summed E-state index contributed by atoms with van der Waals surface area (Å²) in [6, 6.07) is 10.9. The molecule has 1 atom stereocenters. The van der Waals surface area contributed by atoms with Crippen molar-refractivity contribution in [2.45, 2.75) is 38.6 Å². The lowest BCUT2D eigenvalue weighted by Gasteiger charge is -2.18.